The van der Waals surface area contributed by atoms with Crippen molar-refractivity contribution in [3.8, 4) is 11.1 Å². The van der Waals surface area contributed by atoms with Crippen molar-refractivity contribution in [3.05, 3.63) is 76.1 Å². The van der Waals surface area contributed by atoms with Gasteiger partial charge in [-0.15, -0.1) is 11.6 Å². The summed E-state index contributed by atoms with van der Waals surface area (Å²) in [5.41, 5.74) is 0.976. The van der Waals surface area contributed by atoms with E-state index in [0.717, 1.165) is 59.3 Å². The number of amides is 1. The third kappa shape index (κ3) is 8.03. The van der Waals surface area contributed by atoms with E-state index in [1.165, 1.54) is 0 Å². The molecule has 0 fully saturated rings. The number of halogens is 4. The molecular weight excluding hydrogens is 771 g/mol. The highest BCUT2D eigenvalue weighted by atomic mass is 35.5. The molecule has 58 heavy (non-hydrogen) atoms. The fourth-order valence-corrected chi connectivity index (χ4v) is 8.22. The lowest BCUT2D eigenvalue weighted by molar-refractivity contribution is -0.255. The number of carboxylic acids is 1. The number of benzene rings is 3. The molecule has 0 bridgehead atoms. The molecule has 310 valence electrons. The molecule has 0 saturated carbocycles. The molecule has 6 rings (SSSR count). The topological polar surface area (TPSA) is 105 Å². The van der Waals surface area contributed by atoms with Gasteiger partial charge in [-0.1, -0.05) is 25.0 Å². The fourth-order valence-electron chi connectivity index (χ4n) is 8.03. The van der Waals surface area contributed by atoms with Gasteiger partial charge in [0.05, 0.1) is 71.1 Å². The average Bonchev–Trinajstić information content (AvgIpc) is 3.15. The zero-order chi connectivity index (χ0) is 42.3. The summed E-state index contributed by atoms with van der Waals surface area (Å²) < 4.78 is 66.9. The number of nitrogens with zero attached hydrogens (tertiary/aromatic N) is 2. The Bertz CT molecular complexity index is 2260. The molecule has 1 aromatic heterocycles. The molecular formula is C45H51ClF3N3O6. The fraction of sp³-hybridized carbons (Fsp3) is 0.444. The minimum Gasteiger partial charge on any atom is -0.545 e. The van der Waals surface area contributed by atoms with Crippen LogP contribution in [0.1, 0.15) is 99.1 Å². The second-order valence-electron chi connectivity index (χ2n) is 16.2. The van der Waals surface area contributed by atoms with Crippen LogP contribution in [-0.2, 0) is 9.47 Å². The Labute approximate surface area is 342 Å². The van der Waals surface area contributed by atoms with Gasteiger partial charge in [0.25, 0.3) is 5.91 Å². The number of anilines is 2. The zero-order valence-electron chi connectivity index (χ0n) is 34.4. The number of ether oxygens (including phenoxy) is 2. The van der Waals surface area contributed by atoms with Crippen LogP contribution in [0.5, 0.6) is 0 Å². The Kier molecular flexibility index (Phi) is 12.5. The summed E-state index contributed by atoms with van der Waals surface area (Å²) in [4.78, 5) is 30.4. The van der Waals surface area contributed by atoms with Crippen LogP contribution in [-0.4, -0.2) is 75.9 Å². The van der Waals surface area contributed by atoms with Crippen molar-refractivity contribution in [2.75, 3.05) is 62.7 Å². The molecule has 0 aliphatic carbocycles. The molecule has 0 atom stereocenters. The zero-order valence-corrected chi connectivity index (χ0v) is 35.1. The van der Waals surface area contributed by atoms with Crippen LogP contribution in [0.3, 0.4) is 0 Å². The quantitative estimate of drug-likeness (QED) is 0.0417. The molecule has 3 heterocycles. The van der Waals surface area contributed by atoms with Crippen LogP contribution in [0, 0.1) is 17.5 Å². The number of rotatable bonds is 15. The van der Waals surface area contributed by atoms with Crippen molar-refractivity contribution in [1.29, 1.82) is 0 Å². The Hall–Kier alpha value is -4.65. The van der Waals surface area contributed by atoms with Crippen molar-refractivity contribution in [2.45, 2.75) is 78.3 Å². The number of aromatic carboxylic acids is 1. The third-order valence-corrected chi connectivity index (χ3v) is 11.7. The maximum Gasteiger partial charge on any atom is 0.363 e. The number of carbonyl (C=O) groups is 2. The highest BCUT2D eigenvalue weighted by molar-refractivity contribution is 6.18. The van der Waals surface area contributed by atoms with Crippen LogP contribution in [0.4, 0.5) is 24.5 Å². The Morgan fingerprint density at radius 1 is 0.724 bits per heavy atom. The lowest BCUT2D eigenvalue weighted by atomic mass is 9.84. The van der Waals surface area contributed by atoms with E-state index in [1.807, 2.05) is 27.9 Å². The molecule has 1 amide bonds. The summed E-state index contributed by atoms with van der Waals surface area (Å²) in [6.45, 7) is 13.0. The van der Waals surface area contributed by atoms with E-state index in [9.17, 15) is 14.7 Å². The second-order valence-corrected chi connectivity index (χ2v) is 16.6. The summed E-state index contributed by atoms with van der Waals surface area (Å²) in [5.74, 6) is -8.24. The van der Waals surface area contributed by atoms with E-state index >= 15 is 13.2 Å². The number of nitrogens with one attached hydrogen (secondary N) is 1. The van der Waals surface area contributed by atoms with Gasteiger partial charge in [-0.05, 0) is 77.7 Å². The van der Waals surface area contributed by atoms with E-state index in [-0.39, 0.29) is 58.3 Å². The summed E-state index contributed by atoms with van der Waals surface area (Å²) in [6, 6.07) is 7.03. The monoisotopic (exact) mass is 821 g/mol. The SMILES string of the molecule is CC1=CC(C)(C)N(C)c2cc3[o+]c4cc5c(cc4c(-c4c(F)c(C(=O)NCCOCCOCCCCCCCl)c(F)c(F)c4C(=O)[O-])c3cc21)C(C)=CC(C)(C)N5C. The Morgan fingerprint density at radius 2 is 1.22 bits per heavy atom. The van der Waals surface area contributed by atoms with E-state index in [0.29, 0.717) is 19.1 Å². The first-order chi connectivity index (χ1) is 27.4. The van der Waals surface area contributed by atoms with Crippen molar-refractivity contribution in [1.82, 2.24) is 5.32 Å². The average molecular weight is 822 g/mol. The van der Waals surface area contributed by atoms with Gasteiger partial charge < -0.3 is 34.5 Å². The third-order valence-electron chi connectivity index (χ3n) is 11.5. The molecule has 1 N–H and O–H groups in total. The number of fused-ring (bicyclic) bond motifs is 4. The molecule has 0 saturated heterocycles. The summed E-state index contributed by atoms with van der Waals surface area (Å²) in [7, 11) is 3.86. The number of hydrogen-bond donors (Lipinski definition) is 1. The first-order valence-electron chi connectivity index (χ1n) is 19.6. The lowest BCUT2D eigenvalue weighted by Crippen LogP contribution is -2.42. The molecule has 0 spiro atoms. The van der Waals surface area contributed by atoms with E-state index in [4.69, 9.17) is 25.5 Å². The Morgan fingerprint density at radius 3 is 1.74 bits per heavy atom. The number of hydrogen-bond acceptors (Lipinski definition) is 7. The molecule has 3 aromatic carbocycles. The van der Waals surface area contributed by atoms with Crippen LogP contribution in [0.15, 0.2) is 40.8 Å². The summed E-state index contributed by atoms with van der Waals surface area (Å²) >= 11 is 5.70. The van der Waals surface area contributed by atoms with Gasteiger partial charge in [0.15, 0.2) is 11.6 Å². The highest BCUT2D eigenvalue weighted by Gasteiger charge is 2.38. The minimum absolute atomic E-state index is 0.0253. The standard InChI is InChI=1S/C45H51ClF3N3O6/c1-25-23-44(3,4)51(7)31-21-33-29(19-27(25)31)35(30-20-28-26(2)24-45(5,6)52(8)32(28)22-34(30)58-33)36-37(43(54)55)40(48)41(49)38(39(36)47)42(53)50-14-16-57-18-17-56-15-12-10-9-11-13-46/h19-24H,9-18H2,1-8H3,(H-,50,53,54,55). The van der Waals surface area contributed by atoms with E-state index in [1.54, 1.807) is 24.3 Å². The maximum atomic E-state index is 17.2. The first-order valence-corrected chi connectivity index (χ1v) is 20.2. The van der Waals surface area contributed by atoms with E-state index < -0.39 is 46.0 Å². The molecule has 9 nitrogen and oxygen atoms in total. The van der Waals surface area contributed by atoms with Crippen molar-refractivity contribution in [3.63, 3.8) is 0 Å². The van der Waals surface area contributed by atoms with Gasteiger partial charge in [0.1, 0.15) is 11.4 Å². The molecule has 0 radical (unpaired) electrons. The van der Waals surface area contributed by atoms with Crippen LogP contribution < -0.4 is 20.2 Å². The van der Waals surface area contributed by atoms with Gasteiger partial charge in [-0.2, -0.15) is 0 Å². The van der Waals surface area contributed by atoms with Crippen LogP contribution >= 0.6 is 11.6 Å². The number of unbranched alkanes of at least 4 members (excludes halogenated alkanes) is 3. The van der Waals surface area contributed by atoms with E-state index in [2.05, 4.69) is 55.0 Å². The van der Waals surface area contributed by atoms with Gasteiger partial charge in [0.2, 0.25) is 0 Å². The molecule has 4 aromatic rings. The maximum absolute atomic E-state index is 17.2. The van der Waals surface area contributed by atoms with Gasteiger partial charge >= 0.3 is 11.2 Å². The number of allylic oxidation sites excluding steroid dienone is 2. The number of alkyl halides is 1. The molecule has 2 aliphatic heterocycles. The number of carbonyl (C=O) groups excluding carboxylic acids is 2. The van der Waals surface area contributed by atoms with Crippen LogP contribution in [0.25, 0.3) is 44.2 Å². The Balaban J connectivity index is 1.47. The molecule has 13 heteroatoms. The van der Waals surface area contributed by atoms with Gasteiger partial charge in [-0.25, -0.2) is 17.6 Å². The van der Waals surface area contributed by atoms with Gasteiger partial charge in [0, 0.05) is 60.9 Å². The van der Waals surface area contributed by atoms with Crippen molar-refractivity contribution < 1.29 is 41.8 Å². The van der Waals surface area contributed by atoms with Gasteiger partial charge in [-0.3, -0.25) is 4.79 Å². The largest absolute Gasteiger partial charge is 0.545 e. The van der Waals surface area contributed by atoms with Crippen LogP contribution in [0.2, 0.25) is 0 Å². The smallest absolute Gasteiger partial charge is 0.363 e. The molecule has 0 unspecified atom stereocenters. The molecule has 2 aliphatic rings. The predicted molar refractivity (Wildman–Crippen MR) is 223 cm³/mol. The second kappa shape index (κ2) is 16.9. The first kappa shape index (κ1) is 42.9. The normalized spacial score (nSPS) is 15.7. The summed E-state index contributed by atoms with van der Waals surface area (Å²) in [5, 5.41) is 15.6. The lowest BCUT2D eigenvalue weighted by Gasteiger charge is -2.40. The number of likely N-dealkylation sites (N-methyl/N-ethyl adjacent to an activating group) is 2. The minimum atomic E-state index is -2.16. The number of carboxylic acid groups (broad SMARTS) is 1. The van der Waals surface area contributed by atoms with Crippen molar-refractivity contribution in [2.24, 2.45) is 0 Å². The highest BCUT2D eigenvalue weighted by Crippen LogP contribution is 2.49. The predicted octanol–water partition coefficient (Wildman–Crippen LogP) is 9.14. The van der Waals surface area contributed by atoms with Crippen molar-refractivity contribution >= 4 is 67.9 Å². The summed E-state index contributed by atoms with van der Waals surface area (Å²) in [6.07, 6.45) is 8.03.